The van der Waals surface area contributed by atoms with Gasteiger partial charge in [0.15, 0.2) is 5.76 Å². The Balaban J connectivity index is 3.54. The number of aliphatic hydroxyl groups is 2. The molecule has 1 rings (SSSR count). The van der Waals surface area contributed by atoms with Crippen LogP contribution in [0.5, 0.6) is 0 Å². The van der Waals surface area contributed by atoms with E-state index in [-0.39, 0.29) is 0 Å². The summed E-state index contributed by atoms with van der Waals surface area (Å²) in [5.41, 5.74) is 0. The first-order valence-corrected chi connectivity index (χ1v) is 6.64. The van der Waals surface area contributed by atoms with E-state index in [1.807, 2.05) is 0 Å². The summed E-state index contributed by atoms with van der Waals surface area (Å²) in [6.45, 7) is 0. The molecule has 16 heavy (non-hydrogen) atoms. The highest BCUT2D eigenvalue weighted by atomic mass is 32.3. The zero-order valence-electron chi connectivity index (χ0n) is 7.60. The summed E-state index contributed by atoms with van der Waals surface area (Å²) in [5.74, 6) is -1.72. The van der Waals surface area contributed by atoms with E-state index in [1.54, 1.807) is 0 Å². The fraction of sp³-hybridized carbons (Fsp3) is 0.333. The Morgan fingerprint density at radius 3 is 1.81 bits per heavy atom. The lowest BCUT2D eigenvalue weighted by molar-refractivity contribution is 0.309. The van der Waals surface area contributed by atoms with E-state index in [9.17, 15) is 16.8 Å². The van der Waals surface area contributed by atoms with Gasteiger partial charge in [0.1, 0.15) is 5.76 Å². The van der Waals surface area contributed by atoms with E-state index in [4.69, 9.17) is 19.3 Å². The molecule has 0 amide bonds. The van der Waals surface area contributed by atoms with E-state index in [2.05, 4.69) is 0 Å². The van der Waals surface area contributed by atoms with Crippen LogP contribution < -0.4 is 0 Å². The van der Waals surface area contributed by atoms with Crippen molar-refractivity contribution < 1.29 is 36.2 Å². The van der Waals surface area contributed by atoms with Gasteiger partial charge in [-0.2, -0.15) is 16.8 Å². The molecule has 0 aromatic rings. The summed E-state index contributed by atoms with van der Waals surface area (Å²) >= 11 is 0. The third-order valence-corrected chi connectivity index (χ3v) is 5.65. The summed E-state index contributed by atoms with van der Waals surface area (Å²) in [6.07, 6.45) is -0.236. The highest BCUT2D eigenvalue weighted by Crippen LogP contribution is 2.35. The van der Waals surface area contributed by atoms with Crippen molar-refractivity contribution in [3.8, 4) is 0 Å². The van der Waals surface area contributed by atoms with Crippen LogP contribution in [0.15, 0.2) is 23.7 Å². The van der Waals surface area contributed by atoms with Crippen LogP contribution in [-0.4, -0.2) is 40.2 Å². The predicted octanol–water partition coefficient (Wildman–Crippen LogP) is -0.254. The maximum absolute atomic E-state index is 11.0. The van der Waals surface area contributed by atoms with Gasteiger partial charge in [-0.15, -0.1) is 0 Å². The van der Waals surface area contributed by atoms with Crippen LogP contribution in [-0.2, 0) is 20.2 Å². The second-order valence-corrected chi connectivity index (χ2v) is 6.72. The van der Waals surface area contributed by atoms with Crippen LogP contribution >= 0.6 is 0 Å². The first kappa shape index (κ1) is 13.0. The van der Waals surface area contributed by atoms with Gasteiger partial charge in [0.05, 0.1) is 6.42 Å². The lowest BCUT2D eigenvalue weighted by Gasteiger charge is -2.25. The summed E-state index contributed by atoms with van der Waals surface area (Å²) in [6, 6.07) is 0. The van der Waals surface area contributed by atoms with Crippen molar-refractivity contribution in [1.29, 1.82) is 0 Å². The quantitative estimate of drug-likeness (QED) is 0.502. The maximum atomic E-state index is 11.0. The Labute approximate surface area is 91.0 Å². The van der Waals surface area contributed by atoms with E-state index in [1.165, 1.54) is 0 Å². The van der Waals surface area contributed by atoms with Gasteiger partial charge >= 0.3 is 0 Å². The van der Waals surface area contributed by atoms with E-state index in [0.717, 1.165) is 0 Å². The van der Waals surface area contributed by atoms with Crippen molar-refractivity contribution in [3.63, 3.8) is 0 Å². The summed E-state index contributed by atoms with van der Waals surface area (Å²) in [5, 5.41) is 18.0. The molecule has 0 heterocycles. The molecule has 1 aliphatic carbocycles. The van der Waals surface area contributed by atoms with Gasteiger partial charge in [0.25, 0.3) is 20.2 Å². The van der Waals surface area contributed by atoms with E-state index in [0.29, 0.717) is 12.2 Å². The highest BCUT2D eigenvalue weighted by Gasteiger charge is 2.54. The van der Waals surface area contributed by atoms with Crippen molar-refractivity contribution in [2.45, 2.75) is 10.5 Å². The number of hydrogen-bond donors (Lipinski definition) is 4. The first-order chi connectivity index (χ1) is 7.01. The van der Waals surface area contributed by atoms with Crippen LogP contribution in [0.2, 0.25) is 0 Å². The topological polar surface area (TPSA) is 149 Å². The Kier molecular flexibility index (Phi) is 2.79. The molecule has 0 radical (unpaired) electrons. The van der Waals surface area contributed by atoms with Crippen LogP contribution in [0.4, 0.5) is 0 Å². The van der Waals surface area contributed by atoms with Gasteiger partial charge in [-0.25, -0.2) is 0 Å². The molecule has 4 N–H and O–H groups in total. The summed E-state index contributed by atoms with van der Waals surface area (Å²) in [4.78, 5) is 0. The van der Waals surface area contributed by atoms with Gasteiger partial charge in [0, 0.05) is 0 Å². The standard InChI is InChI=1S/C6H8O8S2/c7-4-1-2-6(3-5(4)8,15(9,10)11)16(12,13)14/h1-2,7-8H,3H2,(H,9,10,11)(H,12,13,14). The number of aliphatic hydroxyl groups excluding tert-OH is 2. The summed E-state index contributed by atoms with van der Waals surface area (Å²) < 4.78 is 58.3. The van der Waals surface area contributed by atoms with Crippen LogP contribution in [0.1, 0.15) is 6.42 Å². The van der Waals surface area contributed by atoms with Crippen molar-refractivity contribution in [2.24, 2.45) is 0 Å². The average Bonchev–Trinajstić information content (AvgIpc) is 2.05. The molecule has 0 aromatic heterocycles. The van der Waals surface area contributed by atoms with Gasteiger partial charge in [-0.1, -0.05) is 0 Å². The van der Waals surface area contributed by atoms with Gasteiger partial charge in [-0.05, 0) is 12.2 Å². The minimum absolute atomic E-state index is 0.382. The zero-order valence-corrected chi connectivity index (χ0v) is 9.23. The number of hydrogen-bond acceptors (Lipinski definition) is 6. The molecule has 92 valence electrons. The molecule has 10 heteroatoms. The Morgan fingerprint density at radius 1 is 1.06 bits per heavy atom. The van der Waals surface area contributed by atoms with Crippen molar-refractivity contribution in [1.82, 2.24) is 0 Å². The Bertz CT molecular complexity index is 532. The highest BCUT2D eigenvalue weighted by molar-refractivity contribution is 8.05. The molecule has 0 fully saturated rings. The molecular formula is C6H8O8S2. The van der Waals surface area contributed by atoms with Crippen LogP contribution in [0, 0.1) is 0 Å². The molecule has 8 nitrogen and oxygen atoms in total. The number of rotatable bonds is 2. The van der Waals surface area contributed by atoms with E-state index >= 15 is 0 Å². The SMILES string of the molecule is O=S(=O)(O)C1(S(=O)(=O)O)C=CC(O)=C(O)C1. The summed E-state index contributed by atoms with van der Waals surface area (Å²) in [7, 11) is -10.5. The molecular weight excluding hydrogens is 264 g/mol. The third kappa shape index (κ3) is 1.80. The maximum Gasteiger partial charge on any atom is 0.292 e. The zero-order chi connectivity index (χ0) is 12.8. The van der Waals surface area contributed by atoms with E-state index < -0.39 is 42.3 Å². The molecule has 0 aromatic carbocycles. The van der Waals surface area contributed by atoms with Crippen LogP contribution in [0.25, 0.3) is 0 Å². The van der Waals surface area contributed by atoms with Crippen molar-refractivity contribution in [3.05, 3.63) is 23.7 Å². The van der Waals surface area contributed by atoms with Crippen LogP contribution in [0.3, 0.4) is 0 Å². The lowest BCUT2D eigenvalue weighted by atomic mass is 10.1. The minimum atomic E-state index is -5.23. The Morgan fingerprint density at radius 2 is 1.50 bits per heavy atom. The Hall–Kier alpha value is -1.10. The lowest BCUT2D eigenvalue weighted by Crippen LogP contribution is -2.45. The third-order valence-electron chi connectivity index (χ3n) is 2.08. The molecule has 0 aliphatic heterocycles. The number of allylic oxidation sites excluding steroid dienone is 2. The average molecular weight is 272 g/mol. The van der Waals surface area contributed by atoms with Gasteiger partial charge in [0.2, 0.25) is 4.08 Å². The second kappa shape index (κ2) is 3.45. The largest absolute Gasteiger partial charge is 0.508 e. The minimum Gasteiger partial charge on any atom is -0.508 e. The fourth-order valence-corrected chi connectivity index (χ4v) is 3.36. The first-order valence-electron chi connectivity index (χ1n) is 3.76. The monoisotopic (exact) mass is 272 g/mol. The van der Waals surface area contributed by atoms with Crippen molar-refractivity contribution >= 4 is 20.2 Å². The molecule has 0 spiro atoms. The molecule has 1 aliphatic rings. The predicted molar refractivity (Wildman–Crippen MR) is 51.9 cm³/mol. The smallest absolute Gasteiger partial charge is 0.292 e. The molecule has 0 unspecified atom stereocenters. The van der Waals surface area contributed by atoms with Crippen molar-refractivity contribution in [2.75, 3.05) is 0 Å². The normalized spacial score (nSPS) is 21.1. The molecule has 0 saturated carbocycles. The molecule has 0 bridgehead atoms. The molecule has 0 atom stereocenters. The van der Waals surface area contributed by atoms with Gasteiger partial charge < -0.3 is 10.2 Å². The second-order valence-electron chi connectivity index (χ2n) is 3.10. The fourth-order valence-electron chi connectivity index (χ4n) is 1.17. The van der Waals surface area contributed by atoms with Gasteiger partial charge in [-0.3, -0.25) is 9.11 Å². The molecule has 0 saturated heterocycles.